The Balaban J connectivity index is 2.42. The summed E-state index contributed by atoms with van der Waals surface area (Å²) in [5.41, 5.74) is 2.16. The fraction of sp³-hybridized carbons (Fsp3) is 0.222. The minimum absolute atomic E-state index is 0.258. The molecule has 0 aliphatic heterocycles. The molecule has 0 saturated heterocycles. The lowest BCUT2D eigenvalue weighted by Gasteiger charge is -1.99. The van der Waals surface area contributed by atoms with Gasteiger partial charge in [-0.2, -0.15) is 4.89 Å². The van der Waals surface area contributed by atoms with Crippen LogP contribution in [0.25, 0.3) is 0 Å². The van der Waals surface area contributed by atoms with Gasteiger partial charge in [-0.25, -0.2) is 0 Å². The summed E-state index contributed by atoms with van der Waals surface area (Å²) >= 11 is 0. The van der Waals surface area contributed by atoms with Crippen LogP contribution in [0.15, 0.2) is 24.3 Å². The Hall–Kier alpha value is -1.35. The Morgan fingerprint density at radius 3 is 2.58 bits per heavy atom. The Bertz CT molecular complexity index is 240. The number of benzene rings is 1. The second-order valence-electron chi connectivity index (χ2n) is 2.44. The van der Waals surface area contributed by atoms with Gasteiger partial charge in [0.15, 0.2) is 0 Å². The maximum absolute atomic E-state index is 9.70. The molecule has 0 unspecified atom stereocenters. The first-order valence-electron chi connectivity index (χ1n) is 3.60. The van der Waals surface area contributed by atoms with Crippen molar-refractivity contribution in [3.63, 3.8) is 0 Å². The van der Waals surface area contributed by atoms with Crippen molar-refractivity contribution in [1.29, 1.82) is 0 Å². The molecular formula is C9H10O3. The van der Waals surface area contributed by atoms with E-state index in [4.69, 9.17) is 0 Å². The van der Waals surface area contributed by atoms with Crippen LogP contribution in [0.4, 0.5) is 0 Å². The first-order chi connectivity index (χ1) is 5.83. The molecule has 64 valence electrons. The van der Waals surface area contributed by atoms with E-state index in [0.717, 1.165) is 5.56 Å². The number of aryl methyl sites for hydroxylation is 1. The van der Waals surface area contributed by atoms with Gasteiger partial charge in [0.2, 0.25) is 0 Å². The zero-order valence-electron chi connectivity index (χ0n) is 6.82. The molecule has 0 radical (unpaired) electrons. The third-order valence-electron chi connectivity index (χ3n) is 1.45. The van der Waals surface area contributed by atoms with Gasteiger partial charge in [-0.1, -0.05) is 29.8 Å². The molecule has 3 heteroatoms. The van der Waals surface area contributed by atoms with Crippen molar-refractivity contribution in [2.45, 2.75) is 13.5 Å². The van der Waals surface area contributed by atoms with Crippen LogP contribution in [0.3, 0.4) is 0 Å². The van der Waals surface area contributed by atoms with Gasteiger partial charge in [-0.3, -0.25) is 4.79 Å². The SMILES string of the molecule is Cc1ccc(COOC=O)cc1. The van der Waals surface area contributed by atoms with Crippen LogP contribution >= 0.6 is 0 Å². The number of carbonyl (C=O) groups is 1. The molecule has 0 aromatic heterocycles. The van der Waals surface area contributed by atoms with Crippen molar-refractivity contribution in [3.8, 4) is 0 Å². The predicted octanol–water partition coefficient (Wildman–Crippen LogP) is 1.60. The van der Waals surface area contributed by atoms with E-state index in [-0.39, 0.29) is 6.47 Å². The largest absolute Gasteiger partial charge is 0.330 e. The number of hydrogen-bond donors (Lipinski definition) is 0. The zero-order chi connectivity index (χ0) is 8.81. The second kappa shape index (κ2) is 4.51. The molecule has 0 atom stereocenters. The van der Waals surface area contributed by atoms with Gasteiger partial charge in [0, 0.05) is 0 Å². The van der Waals surface area contributed by atoms with Crippen molar-refractivity contribution >= 4 is 6.47 Å². The van der Waals surface area contributed by atoms with Gasteiger partial charge < -0.3 is 4.89 Å². The van der Waals surface area contributed by atoms with Crippen LogP contribution in [0.1, 0.15) is 11.1 Å². The van der Waals surface area contributed by atoms with Gasteiger partial charge in [0.1, 0.15) is 6.61 Å². The average molecular weight is 166 g/mol. The van der Waals surface area contributed by atoms with E-state index in [1.165, 1.54) is 5.56 Å². The van der Waals surface area contributed by atoms with Crippen LogP contribution in [0.2, 0.25) is 0 Å². The van der Waals surface area contributed by atoms with E-state index in [0.29, 0.717) is 6.61 Å². The van der Waals surface area contributed by atoms with Gasteiger partial charge in [-0.15, -0.1) is 0 Å². The van der Waals surface area contributed by atoms with E-state index >= 15 is 0 Å². The highest BCUT2D eigenvalue weighted by atomic mass is 17.2. The van der Waals surface area contributed by atoms with Crippen molar-refractivity contribution in [2.24, 2.45) is 0 Å². The summed E-state index contributed by atoms with van der Waals surface area (Å²) in [6, 6.07) is 7.78. The van der Waals surface area contributed by atoms with Crippen LogP contribution in [-0.2, 0) is 21.2 Å². The summed E-state index contributed by atoms with van der Waals surface area (Å²) in [4.78, 5) is 18.3. The first kappa shape index (κ1) is 8.74. The highest BCUT2D eigenvalue weighted by Crippen LogP contribution is 2.03. The Morgan fingerprint density at radius 1 is 1.33 bits per heavy atom. The van der Waals surface area contributed by atoms with Crippen LogP contribution in [0.5, 0.6) is 0 Å². The molecule has 0 saturated carbocycles. The van der Waals surface area contributed by atoms with Crippen LogP contribution < -0.4 is 0 Å². The Labute approximate surface area is 70.8 Å². The molecule has 1 rings (SSSR count). The molecule has 0 N–H and O–H groups in total. The predicted molar refractivity (Wildman–Crippen MR) is 43.1 cm³/mol. The Morgan fingerprint density at radius 2 is 2.00 bits per heavy atom. The summed E-state index contributed by atoms with van der Waals surface area (Å²) < 4.78 is 0. The van der Waals surface area contributed by atoms with Crippen molar-refractivity contribution in [1.82, 2.24) is 0 Å². The highest BCUT2D eigenvalue weighted by Gasteiger charge is 1.92. The molecule has 0 aliphatic rings. The summed E-state index contributed by atoms with van der Waals surface area (Å²) in [7, 11) is 0. The van der Waals surface area contributed by atoms with Crippen molar-refractivity contribution in [2.75, 3.05) is 0 Å². The van der Waals surface area contributed by atoms with Gasteiger partial charge in [0.05, 0.1) is 0 Å². The fourth-order valence-electron chi connectivity index (χ4n) is 0.814. The summed E-state index contributed by atoms with van der Waals surface area (Å²) in [5.74, 6) is 0. The first-order valence-corrected chi connectivity index (χ1v) is 3.60. The standard InChI is InChI=1S/C9H10O3/c1-8-2-4-9(5-3-8)6-11-12-7-10/h2-5,7H,6H2,1H3. The van der Waals surface area contributed by atoms with Gasteiger partial charge in [0.25, 0.3) is 0 Å². The number of carbonyl (C=O) groups excluding carboxylic acids is 1. The summed E-state index contributed by atoms with van der Waals surface area (Å²) in [6.45, 7) is 2.56. The minimum Gasteiger partial charge on any atom is -0.301 e. The Kier molecular flexibility index (Phi) is 3.29. The normalized spacial score (nSPS) is 9.42. The lowest BCUT2D eigenvalue weighted by molar-refractivity contribution is -0.266. The average Bonchev–Trinajstić information content (AvgIpc) is 2.09. The molecule has 0 aliphatic carbocycles. The quantitative estimate of drug-likeness (QED) is 0.295. The van der Waals surface area contributed by atoms with E-state index in [1.807, 2.05) is 31.2 Å². The minimum atomic E-state index is 0.258. The number of hydrogen-bond acceptors (Lipinski definition) is 3. The third-order valence-corrected chi connectivity index (χ3v) is 1.45. The fourth-order valence-corrected chi connectivity index (χ4v) is 0.814. The molecule has 0 fully saturated rings. The van der Waals surface area contributed by atoms with Gasteiger partial charge in [-0.05, 0) is 12.5 Å². The molecule has 0 amide bonds. The van der Waals surface area contributed by atoms with Crippen LogP contribution in [-0.4, -0.2) is 6.47 Å². The molecule has 0 heterocycles. The lowest BCUT2D eigenvalue weighted by atomic mass is 10.2. The van der Waals surface area contributed by atoms with E-state index in [9.17, 15) is 4.79 Å². The van der Waals surface area contributed by atoms with Crippen molar-refractivity contribution < 1.29 is 14.6 Å². The smallest absolute Gasteiger partial charge is 0.301 e. The van der Waals surface area contributed by atoms with E-state index < -0.39 is 0 Å². The van der Waals surface area contributed by atoms with Crippen molar-refractivity contribution in [3.05, 3.63) is 35.4 Å². The second-order valence-corrected chi connectivity index (χ2v) is 2.44. The summed E-state index contributed by atoms with van der Waals surface area (Å²) in [6.07, 6.45) is 0. The van der Waals surface area contributed by atoms with E-state index in [1.54, 1.807) is 0 Å². The zero-order valence-corrected chi connectivity index (χ0v) is 6.82. The maximum atomic E-state index is 9.70. The highest BCUT2D eigenvalue weighted by molar-refractivity contribution is 5.35. The molecule has 3 nitrogen and oxygen atoms in total. The number of rotatable bonds is 4. The third kappa shape index (κ3) is 2.72. The molecule has 0 bridgehead atoms. The molecule has 12 heavy (non-hydrogen) atoms. The molecule has 0 spiro atoms. The monoisotopic (exact) mass is 166 g/mol. The molecule has 1 aromatic carbocycles. The molecular weight excluding hydrogens is 156 g/mol. The van der Waals surface area contributed by atoms with Crippen LogP contribution in [0, 0.1) is 6.92 Å². The summed E-state index contributed by atoms with van der Waals surface area (Å²) in [5, 5.41) is 0. The van der Waals surface area contributed by atoms with Gasteiger partial charge >= 0.3 is 6.47 Å². The topological polar surface area (TPSA) is 35.5 Å². The van der Waals surface area contributed by atoms with E-state index in [2.05, 4.69) is 9.78 Å². The maximum Gasteiger partial charge on any atom is 0.330 e. The molecule has 1 aromatic rings. The lowest BCUT2D eigenvalue weighted by Crippen LogP contribution is -1.92.